The third kappa shape index (κ3) is 6.98. The summed E-state index contributed by atoms with van der Waals surface area (Å²) in [5, 5.41) is 8.71. The van der Waals surface area contributed by atoms with Gasteiger partial charge in [-0.15, -0.1) is 5.10 Å². The Morgan fingerprint density at radius 2 is 1.64 bits per heavy atom. The van der Waals surface area contributed by atoms with Crippen LogP contribution >= 0.6 is 12.2 Å². The fourth-order valence-electron chi connectivity index (χ4n) is 3.32. The van der Waals surface area contributed by atoms with E-state index < -0.39 is 11.7 Å². The first-order valence-electron chi connectivity index (χ1n) is 11.0. The van der Waals surface area contributed by atoms with Gasteiger partial charge in [-0.05, 0) is 47.4 Å². The molecule has 0 radical (unpaired) electrons. The zero-order valence-corrected chi connectivity index (χ0v) is 20.5. The largest absolute Gasteiger partial charge is 0.416 e. The van der Waals surface area contributed by atoms with Crippen LogP contribution in [0.15, 0.2) is 84.2 Å². The van der Waals surface area contributed by atoms with E-state index in [4.69, 9.17) is 0 Å². The Morgan fingerprint density at radius 3 is 2.25 bits per heavy atom. The number of benzene rings is 3. The summed E-state index contributed by atoms with van der Waals surface area (Å²) in [6.07, 6.45) is -1.16. The maximum absolute atomic E-state index is 12.7. The van der Waals surface area contributed by atoms with Crippen LogP contribution in [0.1, 0.15) is 36.5 Å². The summed E-state index contributed by atoms with van der Waals surface area (Å²) in [4.78, 5) is 4.28. The highest BCUT2D eigenvalue weighted by molar-refractivity contribution is 7.78. The first-order valence-corrected chi connectivity index (χ1v) is 11.4. The summed E-state index contributed by atoms with van der Waals surface area (Å²) >= 11 is 4.05. The lowest BCUT2D eigenvalue weighted by molar-refractivity contribution is -0.137. The van der Waals surface area contributed by atoms with Crippen molar-refractivity contribution in [2.75, 3.05) is 5.43 Å². The number of hydrogen-bond donors (Lipinski definition) is 2. The molecule has 4 rings (SSSR count). The smallest absolute Gasteiger partial charge is 0.396 e. The van der Waals surface area contributed by atoms with Gasteiger partial charge in [0, 0.05) is 5.56 Å². The van der Waals surface area contributed by atoms with E-state index in [2.05, 4.69) is 58.5 Å². The molecule has 0 aliphatic rings. The number of nitrogens with two attached hydrogens (primary N) is 1. The van der Waals surface area contributed by atoms with Crippen molar-refractivity contribution in [3.05, 3.63) is 95.8 Å². The maximum Gasteiger partial charge on any atom is 0.416 e. The highest BCUT2D eigenvalue weighted by Crippen LogP contribution is 2.29. The molecule has 3 aromatic carbocycles. The Morgan fingerprint density at radius 1 is 1.00 bits per heavy atom. The number of hydrazone groups is 1. The van der Waals surface area contributed by atoms with E-state index in [0.29, 0.717) is 17.4 Å². The Hall–Kier alpha value is -4.05. The lowest BCUT2D eigenvalue weighted by Gasteiger charge is -2.11. The summed E-state index contributed by atoms with van der Waals surface area (Å²) in [7, 11) is 0. The van der Waals surface area contributed by atoms with E-state index in [1.807, 2.05) is 42.5 Å². The van der Waals surface area contributed by atoms with Gasteiger partial charge in [-0.25, -0.2) is 9.67 Å². The van der Waals surface area contributed by atoms with Crippen molar-refractivity contribution < 1.29 is 13.2 Å². The van der Waals surface area contributed by atoms with E-state index in [1.165, 1.54) is 28.7 Å². The molecule has 0 saturated carbocycles. The van der Waals surface area contributed by atoms with Gasteiger partial charge in [-0.3, -0.25) is 5.43 Å². The Labute approximate surface area is 212 Å². The first-order chi connectivity index (χ1) is 17.2. The number of rotatable bonds is 6. The molecule has 1 heterocycles. The molecular weight excluding hydrogens is 485 g/mol. The zero-order valence-electron chi connectivity index (χ0n) is 19.6. The number of alkyl halides is 3. The molecule has 0 saturated heterocycles. The predicted molar refractivity (Wildman–Crippen MR) is 141 cm³/mol. The number of thiocarbonyl (C=S) groups is 1. The predicted octanol–water partition coefficient (Wildman–Crippen LogP) is 6.42. The molecule has 186 valence electrons. The minimum atomic E-state index is -4.37. The highest BCUT2D eigenvalue weighted by Gasteiger charge is 2.30. The second kappa shape index (κ2) is 12.1. The molecule has 1 aromatic heterocycles. The van der Waals surface area contributed by atoms with E-state index in [0.717, 1.165) is 34.4 Å². The van der Waals surface area contributed by atoms with E-state index in [-0.39, 0.29) is 0 Å². The van der Waals surface area contributed by atoms with Gasteiger partial charge in [0.1, 0.15) is 6.33 Å². The fourth-order valence-corrected chi connectivity index (χ4v) is 3.32. The van der Waals surface area contributed by atoms with Crippen molar-refractivity contribution in [1.29, 1.82) is 0 Å². The molecule has 36 heavy (non-hydrogen) atoms. The minimum Gasteiger partial charge on any atom is -0.396 e. The minimum absolute atomic E-state index is 0.387. The van der Waals surface area contributed by atoms with Crippen molar-refractivity contribution in [1.82, 2.24) is 14.8 Å². The molecule has 6 nitrogen and oxygen atoms in total. The summed E-state index contributed by atoms with van der Waals surface area (Å²) in [6.45, 7) is 4.27. The van der Waals surface area contributed by atoms with Gasteiger partial charge in [-0.2, -0.15) is 18.3 Å². The van der Waals surface area contributed by atoms with Crippen LogP contribution < -0.4 is 11.2 Å². The zero-order chi connectivity index (χ0) is 26.1. The fraction of sp³-hybridized carbons (Fsp3) is 0.154. The van der Waals surface area contributed by atoms with Gasteiger partial charge >= 0.3 is 6.18 Å². The van der Waals surface area contributed by atoms with Gasteiger partial charge in [0.25, 0.3) is 0 Å². The standard InChI is InChI=1S/C25H22F3N5.CH3NS/c1-17(2)22-5-3-4-6-23(22)31-30-15-18-7-9-19(10-8-18)24-29-16-33(32-24)21-13-11-20(12-14-21)25(26,27)28;2-1-3/h3-17,31H,1-2H3;1H,(H2,2,3)/b30-15+;. The normalized spacial score (nSPS) is 11.3. The lowest BCUT2D eigenvalue weighted by atomic mass is 10.0. The van der Waals surface area contributed by atoms with Crippen LogP contribution in [0, 0.1) is 0 Å². The van der Waals surface area contributed by atoms with Crippen LogP contribution in [-0.4, -0.2) is 26.5 Å². The van der Waals surface area contributed by atoms with Crippen LogP contribution in [0.25, 0.3) is 17.1 Å². The summed E-state index contributed by atoms with van der Waals surface area (Å²) < 4.78 is 39.7. The maximum atomic E-state index is 12.7. The van der Waals surface area contributed by atoms with Gasteiger partial charge in [0.15, 0.2) is 5.82 Å². The highest BCUT2D eigenvalue weighted by atomic mass is 32.1. The van der Waals surface area contributed by atoms with E-state index in [9.17, 15) is 13.2 Å². The Kier molecular flexibility index (Phi) is 8.91. The monoisotopic (exact) mass is 510 g/mol. The average molecular weight is 511 g/mol. The van der Waals surface area contributed by atoms with Crippen LogP contribution in [0.4, 0.5) is 18.9 Å². The van der Waals surface area contributed by atoms with Crippen LogP contribution in [-0.2, 0) is 6.18 Å². The molecule has 0 unspecified atom stereocenters. The number of para-hydroxylation sites is 1. The van der Waals surface area contributed by atoms with Crippen LogP contribution in [0.2, 0.25) is 0 Å². The third-order valence-corrected chi connectivity index (χ3v) is 5.10. The molecule has 0 spiro atoms. The van der Waals surface area contributed by atoms with Gasteiger partial charge in [-0.1, -0.05) is 68.5 Å². The third-order valence-electron chi connectivity index (χ3n) is 5.10. The number of nitrogens with one attached hydrogen (secondary N) is 1. The molecule has 0 aliphatic carbocycles. The second-order valence-electron chi connectivity index (χ2n) is 7.93. The van der Waals surface area contributed by atoms with Gasteiger partial charge in [0.2, 0.25) is 0 Å². The molecular formula is C26H25F3N6S. The lowest BCUT2D eigenvalue weighted by Crippen LogP contribution is -2.05. The van der Waals surface area contributed by atoms with Crippen molar-refractivity contribution >= 4 is 29.6 Å². The molecule has 4 aromatic rings. The van der Waals surface area contributed by atoms with E-state index >= 15 is 0 Å². The number of aromatic nitrogens is 3. The van der Waals surface area contributed by atoms with Crippen LogP contribution in [0.3, 0.4) is 0 Å². The molecule has 0 amide bonds. The molecule has 0 aliphatic heterocycles. The van der Waals surface area contributed by atoms with Crippen molar-refractivity contribution in [3.8, 4) is 17.1 Å². The Balaban J connectivity index is 0.00000115. The molecule has 0 atom stereocenters. The van der Waals surface area contributed by atoms with Crippen molar-refractivity contribution in [2.24, 2.45) is 10.8 Å². The molecule has 10 heteroatoms. The number of hydrogen-bond acceptors (Lipinski definition) is 5. The summed E-state index contributed by atoms with van der Waals surface area (Å²) in [5.41, 5.74) is 12.4. The SMILES string of the molecule is CC(C)c1ccccc1N/N=C/c1ccc(-c2ncn(-c3ccc(C(F)(F)F)cc3)n2)cc1.NC=S. The topological polar surface area (TPSA) is 81.1 Å². The molecule has 0 bridgehead atoms. The van der Waals surface area contributed by atoms with E-state index in [1.54, 1.807) is 6.21 Å². The molecule has 0 fully saturated rings. The number of anilines is 1. The Bertz CT molecular complexity index is 1300. The average Bonchev–Trinajstić information content (AvgIpc) is 3.35. The van der Waals surface area contributed by atoms with Crippen molar-refractivity contribution in [2.45, 2.75) is 25.9 Å². The molecule has 3 N–H and O–H groups in total. The summed E-state index contributed by atoms with van der Waals surface area (Å²) in [6, 6.07) is 20.4. The quantitative estimate of drug-likeness (QED) is 0.178. The van der Waals surface area contributed by atoms with Gasteiger partial charge < -0.3 is 5.73 Å². The second-order valence-corrected chi connectivity index (χ2v) is 8.20. The number of nitrogens with zero attached hydrogens (tertiary/aromatic N) is 4. The van der Waals surface area contributed by atoms with Crippen molar-refractivity contribution in [3.63, 3.8) is 0 Å². The van der Waals surface area contributed by atoms with Gasteiger partial charge in [0.05, 0.1) is 28.6 Å². The summed E-state index contributed by atoms with van der Waals surface area (Å²) in [5.74, 6) is 0.862. The first kappa shape index (κ1) is 26.6. The van der Waals surface area contributed by atoms with Crippen LogP contribution in [0.5, 0.6) is 0 Å². The number of halogens is 3.